The van der Waals surface area contributed by atoms with E-state index in [2.05, 4.69) is 4.90 Å². The second-order valence-electron chi connectivity index (χ2n) is 6.14. The molecule has 0 radical (unpaired) electrons. The first-order valence-corrected chi connectivity index (χ1v) is 8.32. The Morgan fingerprint density at radius 2 is 1.54 bits per heavy atom. The van der Waals surface area contributed by atoms with Crippen LogP contribution in [0.15, 0.2) is 48.5 Å². The third-order valence-corrected chi connectivity index (χ3v) is 4.48. The average molecular weight is 357 g/mol. The van der Waals surface area contributed by atoms with E-state index in [9.17, 15) is 19.1 Å². The van der Waals surface area contributed by atoms with E-state index in [1.807, 2.05) is 0 Å². The molecule has 1 heterocycles. The molecule has 0 atom stereocenters. The molecule has 1 aliphatic heterocycles. The van der Waals surface area contributed by atoms with E-state index in [0.29, 0.717) is 31.9 Å². The van der Waals surface area contributed by atoms with Crippen LogP contribution in [-0.4, -0.2) is 55.0 Å². The van der Waals surface area contributed by atoms with Crippen LogP contribution in [-0.2, 0) is 9.59 Å². The first kappa shape index (κ1) is 17.7. The molecule has 2 aromatic carbocycles. The highest BCUT2D eigenvalue weighted by Crippen LogP contribution is 2.19. The van der Waals surface area contributed by atoms with Crippen LogP contribution in [0.25, 0.3) is 0 Å². The molecule has 0 spiro atoms. The highest BCUT2D eigenvalue weighted by atomic mass is 19.1. The van der Waals surface area contributed by atoms with Gasteiger partial charge in [0.1, 0.15) is 11.6 Å². The molecule has 0 saturated carbocycles. The fourth-order valence-corrected chi connectivity index (χ4v) is 2.89. The third kappa shape index (κ3) is 3.77. The largest absolute Gasteiger partial charge is 0.508 e. The Hall–Kier alpha value is -3.09. The number of aromatic hydroxyl groups is 1. The van der Waals surface area contributed by atoms with E-state index in [0.717, 1.165) is 5.69 Å². The molecule has 0 unspecified atom stereocenters. The van der Waals surface area contributed by atoms with Gasteiger partial charge < -0.3 is 19.8 Å². The number of nitrogens with zero attached hydrogens (tertiary/aromatic N) is 3. The number of hydrogen-bond donors (Lipinski definition) is 1. The van der Waals surface area contributed by atoms with Crippen LogP contribution in [0.1, 0.15) is 0 Å². The summed E-state index contributed by atoms with van der Waals surface area (Å²) in [4.78, 5) is 29.8. The van der Waals surface area contributed by atoms with Gasteiger partial charge in [0.2, 0.25) is 0 Å². The number of likely N-dealkylation sites (N-methyl/N-ethyl adjacent to an activating group) is 1. The normalized spacial score (nSPS) is 14.2. The van der Waals surface area contributed by atoms with Crippen LogP contribution in [0, 0.1) is 5.82 Å². The van der Waals surface area contributed by atoms with Gasteiger partial charge in [-0.2, -0.15) is 0 Å². The van der Waals surface area contributed by atoms with E-state index >= 15 is 0 Å². The summed E-state index contributed by atoms with van der Waals surface area (Å²) in [5.41, 5.74) is 1.43. The van der Waals surface area contributed by atoms with Crippen LogP contribution in [0.4, 0.5) is 15.8 Å². The molecule has 0 aromatic heterocycles. The molecular formula is C19H20FN3O3. The van der Waals surface area contributed by atoms with E-state index in [-0.39, 0.29) is 11.6 Å². The van der Waals surface area contributed by atoms with Gasteiger partial charge in [0.15, 0.2) is 0 Å². The van der Waals surface area contributed by atoms with Crippen molar-refractivity contribution in [2.75, 3.05) is 43.0 Å². The second-order valence-corrected chi connectivity index (χ2v) is 6.14. The lowest BCUT2D eigenvalue weighted by molar-refractivity contribution is -0.144. The van der Waals surface area contributed by atoms with Gasteiger partial charge in [-0.25, -0.2) is 4.39 Å². The molecule has 26 heavy (non-hydrogen) atoms. The highest BCUT2D eigenvalue weighted by molar-refractivity contribution is 6.40. The molecule has 6 nitrogen and oxygen atoms in total. The van der Waals surface area contributed by atoms with Gasteiger partial charge in [0.25, 0.3) is 0 Å². The predicted molar refractivity (Wildman–Crippen MR) is 96.7 cm³/mol. The number of phenols is 1. The maximum absolute atomic E-state index is 13.0. The molecule has 2 amide bonds. The summed E-state index contributed by atoms with van der Waals surface area (Å²) in [5.74, 6) is -1.37. The lowest BCUT2D eigenvalue weighted by atomic mass is 10.2. The average Bonchev–Trinajstić information content (AvgIpc) is 2.67. The molecule has 1 fully saturated rings. The molecule has 7 heteroatoms. The van der Waals surface area contributed by atoms with Gasteiger partial charge in [-0.15, -0.1) is 0 Å². The van der Waals surface area contributed by atoms with E-state index < -0.39 is 11.8 Å². The zero-order valence-electron chi connectivity index (χ0n) is 14.4. The van der Waals surface area contributed by atoms with Crippen molar-refractivity contribution in [2.45, 2.75) is 0 Å². The topological polar surface area (TPSA) is 64.1 Å². The molecule has 1 N–H and O–H groups in total. The van der Waals surface area contributed by atoms with Crippen molar-refractivity contribution < 1.29 is 19.1 Å². The number of benzene rings is 2. The Balaban J connectivity index is 1.59. The number of anilines is 2. The number of amides is 2. The van der Waals surface area contributed by atoms with Crippen LogP contribution in [0.5, 0.6) is 5.75 Å². The number of piperazine rings is 1. The first-order valence-electron chi connectivity index (χ1n) is 8.32. The van der Waals surface area contributed by atoms with Crippen molar-refractivity contribution in [3.63, 3.8) is 0 Å². The fraction of sp³-hybridized carbons (Fsp3) is 0.263. The number of hydrogen-bond acceptors (Lipinski definition) is 4. The minimum absolute atomic E-state index is 0.0952. The van der Waals surface area contributed by atoms with Crippen LogP contribution in [0.2, 0.25) is 0 Å². The summed E-state index contributed by atoms with van der Waals surface area (Å²) in [6, 6.07) is 12.3. The van der Waals surface area contributed by atoms with Crippen LogP contribution >= 0.6 is 0 Å². The molecule has 1 saturated heterocycles. The molecule has 3 rings (SSSR count). The van der Waals surface area contributed by atoms with Gasteiger partial charge in [-0.1, -0.05) is 0 Å². The maximum Gasteiger partial charge on any atom is 0.316 e. The highest BCUT2D eigenvalue weighted by Gasteiger charge is 2.28. The molecule has 0 bridgehead atoms. The molecule has 0 aliphatic carbocycles. The molecular weight excluding hydrogens is 337 g/mol. The van der Waals surface area contributed by atoms with Gasteiger partial charge >= 0.3 is 11.8 Å². The summed E-state index contributed by atoms with van der Waals surface area (Å²) in [7, 11) is 1.53. The Bertz CT molecular complexity index is 785. The zero-order valence-corrected chi connectivity index (χ0v) is 14.4. The van der Waals surface area contributed by atoms with Crippen molar-refractivity contribution in [1.29, 1.82) is 0 Å². The van der Waals surface area contributed by atoms with Gasteiger partial charge in [-0.3, -0.25) is 9.59 Å². The van der Waals surface area contributed by atoms with E-state index in [1.54, 1.807) is 24.3 Å². The van der Waals surface area contributed by atoms with Crippen molar-refractivity contribution in [1.82, 2.24) is 4.90 Å². The van der Waals surface area contributed by atoms with Crippen molar-refractivity contribution >= 4 is 23.2 Å². The predicted octanol–water partition coefficient (Wildman–Crippen LogP) is 1.84. The Kier molecular flexibility index (Phi) is 5.06. The summed E-state index contributed by atoms with van der Waals surface area (Å²) < 4.78 is 13.0. The van der Waals surface area contributed by atoms with Gasteiger partial charge in [0, 0.05) is 44.6 Å². The summed E-state index contributed by atoms with van der Waals surface area (Å²) in [5, 5.41) is 9.32. The quantitative estimate of drug-likeness (QED) is 0.833. The molecule has 2 aromatic rings. The van der Waals surface area contributed by atoms with Gasteiger partial charge in [-0.05, 0) is 48.5 Å². The smallest absolute Gasteiger partial charge is 0.316 e. The second kappa shape index (κ2) is 7.43. The minimum Gasteiger partial charge on any atom is -0.508 e. The molecule has 1 aliphatic rings. The first-order chi connectivity index (χ1) is 12.5. The fourth-order valence-electron chi connectivity index (χ4n) is 2.89. The number of carbonyl (C=O) groups excluding carboxylic acids is 2. The van der Waals surface area contributed by atoms with E-state index in [4.69, 9.17) is 0 Å². The van der Waals surface area contributed by atoms with Crippen molar-refractivity contribution in [3.05, 3.63) is 54.3 Å². The van der Waals surface area contributed by atoms with Crippen molar-refractivity contribution in [3.8, 4) is 5.75 Å². The summed E-state index contributed by atoms with van der Waals surface area (Å²) in [6.45, 7) is 2.00. The Morgan fingerprint density at radius 3 is 2.12 bits per heavy atom. The maximum atomic E-state index is 13.0. The SMILES string of the molecule is CN(C(=O)C(=O)N1CCN(c2ccc(F)cc2)CC1)c1ccc(O)cc1. The van der Waals surface area contributed by atoms with E-state index in [1.165, 1.54) is 41.1 Å². The number of phenolic OH excluding ortho intramolecular Hbond substituents is 1. The zero-order chi connectivity index (χ0) is 18.7. The van der Waals surface area contributed by atoms with Gasteiger partial charge in [0.05, 0.1) is 0 Å². The van der Waals surface area contributed by atoms with Crippen LogP contribution < -0.4 is 9.80 Å². The lowest BCUT2D eigenvalue weighted by Crippen LogP contribution is -2.53. The standard InChI is InChI=1S/C19H20FN3O3/c1-21(15-6-8-17(24)9-7-15)18(25)19(26)23-12-10-22(11-13-23)16-4-2-14(20)3-5-16/h2-9,24H,10-13H2,1H3. The number of halogens is 1. The monoisotopic (exact) mass is 357 g/mol. The third-order valence-electron chi connectivity index (χ3n) is 4.48. The Labute approximate surface area is 151 Å². The minimum atomic E-state index is -0.620. The summed E-state index contributed by atoms with van der Waals surface area (Å²) in [6.07, 6.45) is 0. The lowest BCUT2D eigenvalue weighted by Gasteiger charge is -2.36. The molecule has 136 valence electrons. The number of rotatable bonds is 2. The summed E-state index contributed by atoms with van der Waals surface area (Å²) >= 11 is 0. The van der Waals surface area contributed by atoms with Crippen LogP contribution in [0.3, 0.4) is 0 Å². The van der Waals surface area contributed by atoms with Crippen molar-refractivity contribution in [2.24, 2.45) is 0 Å². The Morgan fingerprint density at radius 1 is 0.962 bits per heavy atom. The number of carbonyl (C=O) groups is 2.